The number of aliphatic hydroxyl groups excluding tert-OH is 2. The van der Waals surface area contributed by atoms with Crippen molar-refractivity contribution in [2.45, 2.75) is 48.6 Å². The van der Waals surface area contributed by atoms with Gasteiger partial charge >= 0.3 is 0 Å². The van der Waals surface area contributed by atoms with Gasteiger partial charge in [0, 0.05) is 9.79 Å². The first-order valence-electron chi connectivity index (χ1n) is 10.4. The second-order valence-corrected chi connectivity index (χ2v) is 10.1. The van der Waals surface area contributed by atoms with Crippen molar-refractivity contribution in [2.24, 2.45) is 0 Å². The van der Waals surface area contributed by atoms with Crippen molar-refractivity contribution in [1.29, 1.82) is 0 Å². The summed E-state index contributed by atoms with van der Waals surface area (Å²) < 4.78 is 0. The maximum atomic E-state index is 9.73. The molecule has 1 aliphatic heterocycles. The van der Waals surface area contributed by atoms with Crippen LogP contribution in [-0.4, -0.2) is 49.5 Å². The average Bonchev–Trinajstić information content (AvgIpc) is 2.76. The van der Waals surface area contributed by atoms with Crippen molar-refractivity contribution in [3.8, 4) is 0 Å². The van der Waals surface area contributed by atoms with Crippen molar-refractivity contribution < 1.29 is 10.2 Å². The van der Waals surface area contributed by atoms with Crippen LogP contribution in [0.1, 0.15) is 27.7 Å². The molecular formula is C23H28N6O2S. The first-order chi connectivity index (χ1) is 15.2. The van der Waals surface area contributed by atoms with Crippen molar-refractivity contribution in [2.75, 3.05) is 28.7 Å². The van der Waals surface area contributed by atoms with Crippen LogP contribution in [0.4, 0.5) is 29.2 Å². The number of anilines is 5. The highest BCUT2D eigenvalue weighted by molar-refractivity contribution is 7.99. The highest BCUT2D eigenvalue weighted by Gasteiger charge is 2.29. The molecule has 4 N–H and O–H groups in total. The summed E-state index contributed by atoms with van der Waals surface area (Å²) in [6.45, 7) is 7.27. The van der Waals surface area contributed by atoms with E-state index < -0.39 is 11.1 Å². The van der Waals surface area contributed by atoms with Gasteiger partial charge in [-0.15, -0.1) is 0 Å². The van der Waals surface area contributed by atoms with E-state index in [0.29, 0.717) is 17.8 Å². The number of aliphatic hydroxyl groups is 2. The van der Waals surface area contributed by atoms with Crippen LogP contribution < -0.4 is 15.5 Å². The van der Waals surface area contributed by atoms with Crippen molar-refractivity contribution in [1.82, 2.24) is 15.0 Å². The Kier molecular flexibility index (Phi) is 5.98. The number of para-hydroxylation sites is 2. The van der Waals surface area contributed by atoms with E-state index in [4.69, 9.17) is 9.97 Å². The molecule has 0 atom stereocenters. The highest BCUT2D eigenvalue weighted by atomic mass is 32.2. The van der Waals surface area contributed by atoms with Crippen molar-refractivity contribution in [3.05, 3.63) is 48.5 Å². The molecule has 2 aromatic carbocycles. The molecule has 1 aromatic heterocycles. The number of benzene rings is 2. The lowest BCUT2D eigenvalue weighted by Gasteiger charge is -2.32. The monoisotopic (exact) mass is 452 g/mol. The van der Waals surface area contributed by atoms with Gasteiger partial charge < -0.3 is 20.8 Å². The zero-order valence-electron chi connectivity index (χ0n) is 18.6. The Morgan fingerprint density at radius 3 is 1.62 bits per heavy atom. The fraction of sp³-hybridized carbons (Fsp3) is 0.348. The number of hydrogen-bond acceptors (Lipinski definition) is 9. The largest absolute Gasteiger partial charge is 0.394 e. The minimum atomic E-state index is -0.629. The molecule has 8 nitrogen and oxygen atoms in total. The molecule has 0 spiro atoms. The highest BCUT2D eigenvalue weighted by Crippen LogP contribution is 2.50. The maximum absolute atomic E-state index is 9.73. The third-order valence-corrected chi connectivity index (χ3v) is 6.08. The van der Waals surface area contributed by atoms with Crippen LogP contribution in [0.25, 0.3) is 0 Å². The molecule has 9 heteroatoms. The molecule has 168 valence electrons. The first-order valence-corrected chi connectivity index (χ1v) is 11.2. The summed E-state index contributed by atoms with van der Waals surface area (Å²) in [5, 5.41) is 25.8. The van der Waals surface area contributed by atoms with E-state index in [0.717, 1.165) is 21.2 Å². The van der Waals surface area contributed by atoms with E-state index in [1.807, 2.05) is 69.0 Å². The van der Waals surface area contributed by atoms with Crippen LogP contribution in [0.15, 0.2) is 58.3 Å². The summed E-state index contributed by atoms with van der Waals surface area (Å²) in [7, 11) is 0. The molecule has 4 rings (SSSR count). The SMILES string of the molecule is CC(C)(CO)Nc1nc(NC(C)(C)CO)nc(N2c3ccccc3Sc3ccccc32)n1. The zero-order valence-corrected chi connectivity index (χ0v) is 19.4. The van der Waals surface area contributed by atoms with E-state index in [1.54, 1.807) is 11.8 Å². The fourth-order valence-corrected chi connectivity index (χ4v) is 4.24. The quantitative estimate of drug-likeness (QED) is 0.329. The predicted molar refractivity (Wildman–Crippen MR) is 128 cm³/mol. The second kappa shape index (κ2) is 8.57. The van der Waals surface area contributed by atoms with Crippen LogP contribution in [0.2, 0.25) is 0 Å². The molecule has 0 aliphatic carbocycles. The molecule has 0 radical (unpaired) electrons. The molecule has 0 saturated heterocycles. The third-order valence-electron chi connectivity index (χ3n) is 4.95. The number of fused-ring (bicyclic) bond motifs is 2. The van der Waals surface area contributed by atoms with Crippen molar-refractivity contribution >= 4 is 41.0 Å². The third kappa shape index (κ3) is 4.64. The number of rotatable bonds is 7. The van der Waals surface area contributed by atoms with Gasteiger partial charge in [0.25, 0.3) is 0 Å². The Hall–Kier alpha value is -2.88. The smallest absolute Gasteiger partial charge is 0.241 e. The van der Waals surface area contributed by atoms with Crippen molar-refractivity contribution in [3.63, 3.8) is 0 Å². The van der Waals surface area contributed by atoms with Gasteiger partial charge in [0.05, 0.1) is 35.7 Å². The van der Waals surface area contributed by atoms with Crippen LogP contribution in [0, 0.1) is 0 Å². The minimum absolute atomic E-state index is 0.0923. The number of hydrogen-bond donors (Lipinski definition) is 4. The minimum Gasteiger partial charge on any atom is -0.394 e. The first kappa shape index (κ1) is 22.3. The van der Waals surface area contributed by atoms with Gasteiger partial charge in [-0.05, 0) is 52.0 Å². The molecule has 32 heavy (non-hydrogen) atoms. The molecule has 0 unspecified atom stereocenters. The van der Waals surface area contributed by atoms with Gasteiger partial charge in [-0.2, -0.15) is 15.0 Å². The van der Waals surface area contributed by atoms with Gasteiger partial charge in [-0.1, -0.05) is 36.0 Å². The summed E-state index contributed by atoms with van der Waals surface area (Å²) >= 11 is 1.71. The summed E-state index contributed by atoms with van der Waals surface area (Å²) in [5.74, 6) is 1.10. The number of nitrogens with one attached hydrogen (secondary N) is 2. The molecule has 1 aliphatic rings. The van der Waals surface area contributed by atoms with Crippen LogP contribution in [0.5, 0.6) is 0 Å². The van der Waals surface area contributed by atoms with Crippen LogP contribution in [-0.2, 0) is 0 Å². The van der Waals surface area contributed by atoms with Gasteiger partial charge in [0.15, 0.2) is 0 Å². The Balaban J connectivity index is 1.87. The molecule has 3 aromatic rings. The zero-order chi connectivity index (χ0) is 22.9. The molecular weight excluding hydrogens is 424 g/mol. The van der Waals surface area contributed by atoms with Crippen LogP contribution in [0.3, 0.4) is 0 Å². The number of nitrogens with zero attached hydrogens (tertiary/aromatic N) is 4. The van der Waals surface area contributed by atoms with E-state index in [2.05, 4.69) is 27.8 Å². The summed E-state index contributed by atoms with van der Waals surface area (Å²) in [4.78, 5) is 18.1. The average molecular weight is 453 g/mol. The predicted octanol–water partition coefficient (Wildman–Crippen LogP) is 4.17. The molecule has 0 bridgehead atoms. The molecule has 2 heterocycles. The molecule has 0 amide bonds. The maximum Gasteiger partial charge on any atom is 0.241 e. The lowest BCUT2D eigenvalue weighted by molar-refractivity contribution is 0.232. The van der Waals surface area contributed by atoms with E-state index in [-0.39, 0.29) is 13.2 Å². The molecule has 0 fully saturated rings. The van der Waals surface area contributed by atoms with Gasteiger partial charge in [0.1, 0.15) is 0 Å². The van der Waals surface area contributed by atoms with E-state index in [9.17, 15) is 10.2 Å². The van der Waals surface area contributed by atoms with Gasteiger partial charge in [-0.25, -0.2) is 0 Å². The second-order valence-electron chi connectivity index (χ2n) is 8.99. The Morgan fingerprint density at radius 1 is 0.750 bits per heavy atom. The topological polar surface area (TPSA) is 106 Å². The van der Waals surface area contributed by atoms with E-state index in [1.165, 1.54) is 0 Å². The Morgan fingerprint density at radius 2 is 1.19 bits per heavy atom. The molecule has 0 saturated carbocycles. The number of aromatic nitrogens is 3. The Bertz CT molecular complexity index is 1040. The lowest BCUT2D eigenvalue weighted by atomic mass is 10.1. The normalized spacial score (nSPS) is 13.4. The van der Waals surface area contributed by atoms with E-state index >= 15 is 0 Å². The Labute approximate surface area is 192 Å². The van der Waals surface area contributed by atoms with Crippen LogP contribution >= 0.6 is 11.8 Å². The van der Waals surface area contributed by atoms with Gasteiger partial charge in [-0.3, -0.25) is 4.90 Å². The summed E-state index contributed by atoms with van der Waals surface area (Å²) in [6, 6.07) is 16.2. The van der Waals surface area contributed by atoms with Gasteiger partial charge in [0.2, 0.25) is 17.8 Å². The summed E-state index contributed by atoms with van der Waals surface area (Å²) in [6.07, 6.45) is 0. The summed E-state index contributed by atoms with van der Waals surface area (Å²) in [5.41, 5.74) is 0.690. The lowest BCUT2D eigenvalue weighted by Crippen LogP contribution is -2.38. The fourth-order valence-electron chi connectivity index (χ4n) is 3.18. The standard InChI is InChI=1S/C23H28N6O2S/c1-22(2,13-30)27-19-24-20(28-23(3,4)14-31)26-21(25-19)29-15-9-5-7-11-17(15)32-18-12-8-6-10-16(18)29/h5-12,30-31H,13-14H2,1-4H3,(H2,24,25,26,27,28).